The molecule has 0 bridgehead atoms. The molecule has 4 aromatic rings. The molecule has 0 atom stereocenters. The number of rotatable bonds is 3. The highest BCUT2D eigenvalue weighted by atomic mass is 32.2. The number of aromatic nitrogens is 4. The van der Waals surface area contributed by atoms with Crippen LogP contribution < -0.4 is 0 Å². The number of hydrogen-bond donors (Lipinski definition) is 0. The monoisotopic (exact) mass is 317 g/mol. The second-order valence-corrected chi connectivity index (χ2v) is 6.02. The van der Waals surface area contributed by atoms with E-state index < -0.39 is 4.92 Å². The van der Waals surface area contributed by atoms with Gasteiger partial charge in [-0.3, -0.25) is 4.40 Å². The Morgan fingerprint density at radius 1 is 1.29 bits per heavy atom. The van der Waals surface area contributed by atoms with E-state index in [1.54, 1.807) is 17.8 Å². The molecular formula is C12H7N5O2S2. The van der Waals surface area contributed by atoms with Crippen molar-refractivity contribution in [2.75, 3.05) is 0 Å². The maximum atomic E-state index is 11.3. The van der Waals surface area contributed by atoms with E-state index in [0.29, 0.717) is 15.1 Å². The Balaban J connectivity index is 1.85. The van der Waals surface area contributed by atoms with E-state index in [1.807, 2.05) is 28.8 Å². The molecular weight excluding hydrogens is 310 g/mol. The summed E-state index contributed by atoms with van der Waals surface area (Å²) in [6.45, 7) is 0. The van der Waals surface area contributed by atoms with Gasteiger partial charge in [0.1, 0.15) is 6.20 Å². The number of hydrogen-bond acceptors (Lipinski definition) is 6. The van der Waals surface area contributed by atoms with Crippen molar-refractivity contribution in [2.45, 2.75) is 10.2 Å². The van der Waals surface area contributed by atoms with E-state index in [-0.39, 0.29) is 5.82 Å². The zero-order valence-electron chi connectivity index (χ0n) is 10.4. The van der Waals surface area contributed by atoms with E-state index >= 15 is 0 Å². The average Bonchev–Trinajstić information content (AvgIpc) is 3.13. The molecule has 0 aromatic carbocycles. The average molecular weight is 317 g/mol. The van der Waals surface area contributed by atoms with Crippen LogP contribution >= 0.6 is 23.1 Å². The molecule has 0 spiro atoms. The summed E-state index contributed by atoms with van der Waals surface area (Å²) in [7, 11) is 0. The Kier molecular flexibility index (Phi) is 2.69. The first-order valence-electron chi connectivity index (χ1n) is 5.94. The van der Waals surface area contributed by atoms with Crippen LogP contribution in [0.2, 0.25) is 0 Å². The molecule has 0 N–H and O–H groups in total. The fourth-order valence-corrected chi connectivity index (χ4v) is 3.78. The van der Waals surface area contributed by atoms with Gasteiger partial charge >= 0.3 is 5.82 Å². The van der Waals surface area contributed by atoms with Crippen molar-refractivity contribution in [1.29, 1.82) is 0 Å². The van der Waals surface area contributed by atoms with Crippen LogP contribution in [0.1, 0.15) is 0 Å². The van der Waals surface area contributed by atoms with Crippen LogP contribution in [0.5, 0.6) is 0 Å². The number of thiazole rings is 1. The third-order valence-electron chi connectivity index (χ3n) is 2.97. The molecule has 0 saturated carbocycles. The van der Waals surface area contributed by atoms with Crippen molar-refractivity contribution in [1.82, 2.24) is 18.8 Å². The number of nitro groups is 1. The summed E-state index contributed by atoms with van der Waals surface area (Å²) in [6, 6.07) is 5.73. The zero-order valence-corrected chi connectivity index (χ0v) is 12.0. The maximum absolute atomic E-state index is 11.3. The number of nitrogens with zero attached hydrogens (tertiary/aromatic N) is 5. The molecule has 4 aromatic heterocycles. The molecule has 4 rings (SSSR count). The molecule has 0 aliphatic heterocycles. The van der Waals surface area contributed by atoms with Gasteiger partial charge in [-0.25, -0.2) is 4.98 Å². The standard InChI is InChI=1S/C12H7N5O2S2/c18-17(19)10-9(14-12-16(10)5-6-20-12)21-11-13-7-8-3-1-2-4-15(8)11/h1-7H. The Bertz CT molecular complexity index is 970. The fourth-order valence-electron chi connectivity index (χ4n) is 2.07. The largest absolute Gasteiger partial charge is 0.363 e. The predicted octanol–water partition coefficient (Wildman–Crippen LogP) is 3.10. The Hall–Kier alpha value is -2.39. The summed E-state index contributed by atoms with van der Waals surface area (Å²) >= 11 is 2.56. The summed E-state index contributed by atoms with van der Waals surface area (Å²) < 4.78 is 3.37. The smallest absolute Gasteiger partial charge is 0.358 e. The highest BCUT2D eigenvalue weighted by molar-refractivity contribution is 7.99. The van der Waals surface area contributed by atoms with Crippen LogP contribution in [-0.4, -0.2) is 23.7 Å². The first kappa shape index (κ1) is 12.4. The van der Waals surface area contributed by atoms with Gasteiger partial charge in [0.25, 0.3) is 4.96 Å². The highest BCUT2D eigenvalue weighted by Gasteiger charge is 2.25. The van der Waals surface area contributed by atoms with Gasteiger partial charge in [-0.1, -0.05) is 17.4 Å². The van der Waals surface area contributed by atoms with Crippen LogP contribution in [0, 0.1) is 10.1 Å². The maximum Gasteiger partial charge on any atom is 0.363 e. The van der Waals surface area contributed by atoms with Gasteiger partial charge in [0, 0.05) is 11.6 Å². The molecule has 9 heteroatoms. The lowest BCUT2D eigenvalue weighted by Crippen LogP contribution is -1.94. The van der Waals surface area contributed by atoms with Crippen molar-refractivity contribution in [3.63, 3.8) is 0 Å². The first-order valence-corrected chi connectivity index (χ1v) is 7.63. The molecule has 0 aliphatic rings. The van der Waals surface area contributed by atoms with E-state index in [2.05, 4.69) is 9.97 Å². The normalized spacial score (nSPS) is 11.4. The van der Waals surface area contributed by atoms with Gasteiger partial charge in [-0.05, 0) is 28.8 Å². The van der Waals surface area contributed by atoms with Gasteiger partial charge in [0.2, 0.25) is 5.03 Å². The van der Waals surface area contributed by atoms with Crippen LogP contribution in [0.15, 0.2) is 52.4 Å². The van der Waals surface area contributed by atoms with Crippen molar-refractivity contribution < 1.29 is 4.92 Å². The quantitative estimate of drug-likeness (QED) is 0.428. The molecule has 0 unspecified atom stereocenters. The third kappa shape index (κ3) is 1.89. The Morgan fingerprint density at radius 2 is 2.19 bits per heavy atom. The molecule has 0 saturated heterocycles. The number of imidazole rings is 2. The van der Waals surface area contributed by atoms with Gasteiger partial charge in [-0.2, -0.15) is 9.38 Å². The SMILES string of the molecule is O=[N+]([O-])c1c(Sc2ncc3ccccn23)nc2sccn12. The summed E-state index contributed by atoms with van der Waals surface area (Å²) in [4.78, 5) is 20.1. The van der Waals surface area contributed by atoms with E-state index in [9.17, 15) is 10.1 Å². The lowest BCUT2D eigenvalue weighted by Gasteiger charge is -1.99. The minimum atomic E-state index is -0.412. The molecule has 0 radical (unpaired) electrons. The fraction of sp³-hybridized carbons (Fsp3) is 0. The molecule has 4 heterocycles. The van der Waals surface area contributed by atoms with Gasteiger partial charge < -0.3 is 10.1 Å². The predicted molar refractivity (Wildman–Crippen MR) is 79.0 cm³/mol. The van der Waals surface area contributed by atoms with Crippen molar-refractivity contribution >= 4 is 39.4 Å². The van der Waals surface area contributed by atoms with E-state index in [1.165, 1.54) is 27.5 Å². The zero-order chi connectivity index (χ0) is 14.4. The first-order chi connectivity index (χ1) is 10.2. The summed E-state index contributed by atoms with van der Waals surface area (Å²) in [5.41, 5.74) is 0.934. The summed E-state index contributed by atoms with van der Waals surface area (Å²) in [5.74, 6) is -0.0241. The lowest BCUT2D eigenvalue weighted by molar-refractivity contribution is -0.393. The minimum Gasteiger partial charge on any atom is -0.358 e. The van der Waals surface area contributed by atoms with Crippen LogP contribution in [0.25, 0.3) is 10.5 Å². The van der Waals surface area contributed by atoms with Gasteiger partial charge in [0.15, 0.2) is 5.16 Å². The van der Waals surface area contributed by atoms with Crippen molar-refractivity contribution in [3.8, 4) is 0 Å². The molecule has 0 aliphatic carbocycles. The highest BCUT2D eigenvalue weighted by Crippen LogP contribution is 2.35. The third-order valence-corrected chi connectivity index (χ3v) is 4.68. The van der Waals surface area contributed by atoms with Gasteiger partial charge in [-0.15, -0.1) is 0 Å². The topological polar surface area (TPSA) is 77.7 Å². The van der Waals surface area contributed by atoms with Crippen molar-refractivity contribution in [2.24, 2.45) is 0 Å². The second-order valence-electron chi connectivity index (χ2n) is 4.19. The number of pyridine rings is 1. The lowest BCUT2D eigenvalue weighted by atomic mass is 10.4. The van der Waals surface area contributed by atoms with Gasteiger partial charge in [0.05, 0.1) is 11.7 Å². The molecule has 0 fully saturated rings. The van der Waals surface area contributed by atoms with E-state index in [0.717, 1.165) is 5.52 Å². The van der Waals surface area contributed by atoms with E-state index in [4.69, 9.17) is 0 Å². The van der Waals surface area contributed by atoms with Crippen molar-refractivity contribution in [3.05, 3.63) is 52.3 Å². The molecule has 0 amide bonds. The Morgan fingerprint density at radius 3 is 3.05 bits per heavy atom. The Labute approximate surface area is 126 Å². The van der Waals surface area contributed by atoms with Crippen LogP contribution in [0.3, 0.4) is 0 Å². The minimum absolute atomic E-state index is 0.0241. The summed E-state index contributed by atoms with van der Waals surface area (Å²) in [6.07, 6.45) is 5.25. The summed E-state index contributed by atoms with van der Waals surface area (Å²) in [5, 5.41) is 14.1. The van der Waals surface area contributed by atoms with Crippen LogP contribution in [0.4, 0.5) is 5.82 Å². The van der Waals surface area contributed by atoms with Crippen LogP contribution in [-0.2, 0) is 0 Å². The molecule has 104 valence electrons. The second kappa shape index (κ2) is 4.57. The number of fused-ring (bicyclic) bond motifs is 2. The molecule has 21 heavy (non-hydrogen) atoms. The molecule has 7 nitrogen and oxygen atoms in total.